The van der Waals surface area contributed by atoms with Crippen LogP contribution in [0.3, 0.4) is 0 Å². The maximum atomic E-state index is 10.1. The number of hydrogen-bond acceptors (Lipinski definition) is 8. The number of benzene rings is 1. The van der Waals surface area contributed by atoms with Crippen LogP contribution in [-0.4, -0.2) is 83.7 Å². The molecule has 2 saturated heterocycles. The van der Waals surface area contributed by atoms with Crippen LogP contribution in [0.4, 0.5) is 0 Å². The largest absolute Gasteiger partial charge is 0.396 e. The number of thiophene rings is 1. The average molecular weight is 792 g/mol. The van der Waals surface area contributed by atoms with Gasteiger partial charge in [-0.15, -0.1) is 11.3 Å². The molecule has 0 bridgehead atoms. The minimum Gasteiger partial charge on any atom is -0.396 e. The summed E-state index contributed by atoms with van der Waals surface area (Å²) < 4.78 is 1.18. The van der Waals surface area contributed by atoms with E-state index in [1.54, 1.807) is 0 Å². The Labute approximate surface area is 323 Å². The maximum absolute atomic E-state index is 10.1. The van der Waals surface area contributed by atoms with Gasteiger partial charge in [-0.25, -0.2) is 0 Å². The van der Waals surface area contributed by atoms with E-state index in [1.807, 2.05) is 23.4 Å². The van der Waals surface area contributed by atoms with E-state index in [-0.39, 0.29) is 25.2 Å². The molecule has 4 atom stereocenters. The quantitative estimate of drug-likeness (QED) is 0.177. The van der Waals surface area contributed by atoms with Gasteiger partial charge in [0.25, 0.3) is 0 Å². The second-order valence-electron chi connectivity index (χ2n) is 16.4. The average Bonchev–Trinajstić information content (AvgIpc) is 3.82. The molecule has 1 aromatic heterocycles. The molecule has 290 valence electrons. The highest BCUT2D eigenvalue weighted by Crippen LogP contribution is 2.38. The molecule has 3 N–H and O–H groups in total. The van der Waals surface area contributed by atoms with Crippen LogP contribution in [0.25, 0.3) is 0 Å². The molecule has 2 aliphatic heterocycles. The molecule has 1 saturated carbocycles. The number of aliphatic hydroxyl groups excluding tert-OH is 2. The molecule has 2 aromatic rings. The number of nitrogens with one attached hydrogen (secondary N) is 1. The molecule has 51 heavy (non-hydrogen) atoms. The summed E-state index contributed by atoms with van der Waals surface area (Å²) in [5, 5.41) is 25.3. The van der Waals surface area contributed by atoms with Gasteiger partial charge in [-0.3, -0.25) is 9.74 Å². The van der Waals surface area contributed by atoms with E-state index >= 15 is 0 Å². The normalized spacial score (nSPS) is 24.0. The first kappa shape index (κ1) is 44.1. The Bertz CT molecular complexity index is 1280. The first-order valence-corrected chi connectivity index (χ1v) is 21.3. The van der Waals surface area contributed by atoms with E-state index < -0.39 is 6.10 Å². The predicted octanol–water partition coefficient (Wildman–Crippen LogP) is 9.09. The molecular formula is C42H71BrN4O3S. The van der Waals surface area contributed by atoms with Crippen molar-refractivity contribution < 1.29 is 15.1 Å². The highest BCUT2D eigenvalue weighted by molar-refractivity contribution is 9.11. The predicted molar refractivity (Wildman–Crippen MR) is 219 cm³/mol. The maximum Gasteiger partial charge on any atom is 0.109 e. The third kappa shape index (κ3) is 15.5. The Hall–Kier alpha value is -1.30. The molecule has 0 spiro atoms. The highest BCUT2D eigenvalue weighted by atomic mass is 79.9. The minimum atomic E-state index is -0.423. The molecular weight excluding hydrogens is 720 g/mol. The number of nitrogens with zero attached hydrogens (tertiary/aromatic N) is 3. The molecule has 1 aromatic carbocycles. The standard InChI is InChI=1S/C29H43BrN4O3S.C9H18.C4H10/c1-3-7-26(31-2)29-25(20-35)27(21-36)37-34(29)18-23-9-6-8-22(16-23)17-33(15-14-32-12-4-5-13-32)19-24-10-11-28(30)38-24;1-8-5-4-6-9(2,3)7-8;1-4(2)3/h6-11,16,25,27,29,31,35-36H,3-5,12-15,17-21H2,1-2H3;8H,4-7H2,1-3H3;4H,1-3H3/b26-7-;;. The van der Waals surface area contributed by atoms with Crippen molar-refractivity contribution in [1.82, 2.24) is 20.2 Å². The fourth-order valence-corrected chi connectivity index (χ4v) is 9.26. The summed E-state index contributed by atoms with van der Waals surface area (Å²) in [5.74, 6) is 1.62. The number of halogens is 1. The van der Waals surface area contributed by atoms with E-state index in [4.69, 9.17) is 4.84 Å². The minimum absolute atomic E-state index is 0.0417. The van der Waals surface area contributed by atoms with Gasteiger partial charge >= 0.3 is 0 Å². The summed E-state index contributed by atoms with van der Waals surface area (Å²) >= 11 is 5.43. The van der Waals surface area contributed by atoms with E-state index in [9.17, 15) is 10.2 Å². The van der Waals surface area contributed by atoms with Gasteiger partial charge < -0.3 is 20.4 Å². The third-order valence-corrected chi connectivity index (χ3v) is 11.6. The van der Waals surface area contributed by atoms with Crippen molar-refractivity contribution in [3.8, 4) is 0 Å². The van der Waals surface area contributed by atoms with Gasteiger partial charge in [0.15, 0.2) is 0 Å². The van der Waals surface area contributed by atoms with Gasteiger partial charge in [0.05, 0.1) is 23.0 Å². The van der Waals surface area contributed by atoms with Gasteiger partial charge in [-0.05, 0) is 102 Å². The first-order valence-electron chi connectivity index (χ1n) is 19.7. The van der Waals surface area contributed by atoms with Crippen LogP contribution >= 0.6 is 27.3 Å². The highest BCUT2D eigenvalue weighted by Gasteiger charge is 2.44. The molecule has 9 heteroatoms. The SMILES string of the molecule is CC(C)C.CC/C=C(\NC)C1C(CO)C(CO)ON1Cc1cccc(CN(CCN2CCCC2)Cc2ccc(Br)s2)c1.CC1CCCC(C)(C)C1. The molecule has 3 fully saturated rings. The van der Waals surface area contributed by atoms with Crippen molar-refractivity contribution in [2.45, 2.75) is 125 Å². The lowest BCUT2D eigenvalue weighted by atomic mass is 9.73. The third-order valence-electron chi connectivity index (χ3n) is 10.0. The Morgan fingerprint density at radius 1 is 1.08 bits per heavy atom. The van der Waals surface area contributed by atoms with Crippen LogP contribution in [0.2, 0.25) is 0 Å². The fourth-order valence-electron chi connectivity index (χ4n) is 7.73. The Balaban J connectivity index is 0.000000455. The van der Waals surface area contributed by atoms with Crippen LogP contribution in [0, 0.1) is 23.2 Å². The Morgan fingerprint density at radius 3 is 2.33 bits per heavy atom. The zero-order valence-electron chi connectivity index (χ0n) is 33.2. The molecule has 5 rings (SSSR count). The Kier molecular flexibility index (Phi) is 19.7. The van der Waals surface area contributed by atoms with Crippen LogP contribution < -0.4 is 5.32 Å². The first-order chi connectivity index (χ1) is 24.4. The van der Waals surface area contributed by atoms with E-state index in [0.29, 0.717) is 12.0 Å². The van der Waals surface area contributed by atoms with Crippen molar-refractivity contribution in [1.29, 1.82) is 0 Å². The van der Waals surface area contributed by atoms with Gasteiger partial charge in [0.1, 0.15) is 6.10 Å². The number of rotatable bonds is 14. The number of hydrogen-bond donors (Lipinski definition) is 3. The lowest BCUT2D eigenvalue weighted by Crippen LogP contribution is -2.39. The van der Waals surface area contributed by atoms with Gasteiger partial charge in [0.2, 0.25) is 0 Å². The summed E-state index contributed by atoms with van der Waals surface area (Å²) in [6.07, 6.45) is 11.0. The van der Waals surface area contributed by atoms with E-state index in [2.05, 4.69) is 122 Å². The van der Waals surface area contributed by atoms with Gasteiger partial charge in [0, 0.05) is 56.3 Å². The fraction of sp³-hybridized carbons (Fsp3) is 0.714. The molecule has 0 amide bonds. The number of aliphatic hydroxyl groups is 2. The lowest BCUT2D eigenvalue weighted by Gasteiger charge is -2.33. The van der Waals surface area contributed by atoms with Gasteiger partial charge in [-0.1, -0.05) is 91.6 Å². The molecule has 3 heterocycles. The van der Waals surface area contributed by atoms with Crippen LogP contribution in [0.5, 0.6) is 0 Å². The summed E-state index contributed by atoms with van der Waals surface area (Å²) in [6, 6.07) is 13.0. The molecule has 7 nitrogen and oxygen atoms in total. The second kappa shape index (κ2) is 22.8. The van der Waals surface area contributed by atoms with E-state index in [0.717, 1.165) is 55.7 Å². The molecule has 3 aliphatic rings. The molecule has 4 unspecified atom stereocenters. The van der Waals surface area contributed by atoms with Crippen molar-refractivity contribution in [3.63, 3.8) is 0 Å². The van der Waals surface area contributed by atoms with Crippen LogP contribution in [0.15, 0.2) is 52.0 Å². The zero-order chi connectivity index (χ0) is 37.4. The zero-order valence-corrected chi connectivity index (χ0v) is 35.6. The molecule has 0 radical (unpaired) electrons. The number of hydroxylamine groups is 2. The van der Waals surface area contributed by atoms with Gasteiger partial charge in [-0.2, -0.15) is 5.06 Å². The summed E-state index contributed by atoms with van der Waals surface area (Å²) in [4.78, 5) is 12.7. The van der Waals surface area contributed by atoms with Crippen LogP contribution in [0.1, 0.15) is 109 Å². The summed E-state index contributed by atoms with van der Waals surface area (Å²) in [6.45, 7) is 22.6. The van der Waals surface area contributed by atoms with Crippen LogP contribution in [-0.2, 0) is 24.5 Å². The summed E-state index contributed by atoms with van der Waals surface area (Å²) in [7, 11) is 1.91. The summed E-state index contributed by atoms with van der Waals surface area (Å²) in [5.41, 5.74) is 4.12. The number of likely N-dealkylation sites (tertiary alicyclic amines) is 1. The van der Waals surface area contributed by atoms with Crippen molar-refractivity contribution in [2.24, 2.45) is 23.2 Å². The van der Waals surface area contributed by atoms with Crippen molar-refractivity contribution in [2.75, 3.05) is 46.4 Å². The molecule has 1 aliphatic carbocycles. The lowest BCUT2D eigenvalue weighted by molar-refractivity contribution is -0.174. The number of allylic oxidation sites excluding steroid dienone is 1. The van der Waals surface area contributed by atoms with Crippen molar-refractivity contribution >= 4 is 27.3 Å². The Morgan fingerprint density at radius 2 is 1.78 bits per heavy atom. The topological polar surface area (TPSA) is 71.4 Å². The number of likely N-dealkylation sites (N-methyl/N-ethyl adjacent to an activating group) is 1. The second-order valence-corrected chi connectivity index (χ2v) is 18.9. The smallest absolute Gasteiger partial charge is 0.109 e. The van der Waals surface area contributed by atoms with E-state index in [1.165, 1.54) is 65.8 Å². The van der Waals surface area contributed by atoms with Crippen molar-refractivity contribution in [3.05, 3.63) is 68.0 Å². The monoisotopic (exact) mass is 790 g/mol.